The molecule has 0 radical (unpaired) electrons. The molecule has 0 spiro atoms. The number of esters is 1. The molecule has 0 aromatic heterocycles. The van der Waals surface area contributed by atoms with Crippen molar-refractivity contribution in [2.75, 3.05) is 11.5 Å². The summed E-state index contributed by atoms with van der Waals surface area (Å²) in [5.41, 5.74) is 0.512. The van der Waals surface area contributed by atoms with Gasteiger partial charge >= 0.3 is 5.97 Å². The zero-order chi connectivity index (χ0) is 11.5. The minimum absolute atomic E-state index is 0.0320. The molecule has 1 heterocycles. The second kappa shape index (κ2) is 4.79. The molecule has 1 atom stereocenters. The van der Waals surface area contributed by atoms with E-state index >= 15 is 0 Å². The van der Waals surface area contributed by atoms with Gasteiger partial charge in [-0.05, 0) is 26.7 Å². The molecular formula is C10H16O4S. The summed E-state index contributed by atoms with van der Waals surface area (Å²) in [4.78, 5) is 11.4. The highest BCUT2D eigenvalue weighted by atomic mass is 32.2. The Labute approximate surface area is 90.2 Å². The van der Waals surface area contributed by atoms with Gasteiger partial charge < -0.3 is 4.74 Å². The van der Waals surface area contributed by atoms with E-state index in [-0.39, 0.29) is 11.5 Å². The number of allylic oxidation sites excluding steroid dienone is 1. The minimum atomic E-state index is -3.01. The Bertz CT molecular complexity index is 367. The standard InChI is InChI=1S/C10H16O4S/c1-3-8(2)10(11)14-9-5-4-6-15(12,13)7-9/h3,9H,4-7H2,1-2H3/b8-3+. The highest BCUT2D eigenvalue weighted by molar-refractivity contribution is 7.91. The maximum Gasteiger partial charge on any atom is 0.333 e. The van der Waals surface area contributed by atoms with Gasteiger partial charge in [0.2, 0.25) is 0 Å². The summed E-state index contributed by atoms with van der Waals surface area (Å²) in [7, 11) is -3.01. The first-order chi connectivity index (χ1) is 6.94. The SMILES string of the molecule is C/C=C(\C)C(=O)OC1CCCS(=O)(=O)C1. The Hall–Kier alpha value is -0.840. The lowest BCUT2D eigenvalue weighted by Gasteiger charge is -2.22. The Morgan fingerprint density at radius 2 is 2.13 bits per heavy atom. The van der Waals surface area contributed by atoms with Gasteiger partial charge in [0.1, 0.15) is 6.10 Å². The smallest absolute Gasteiger partial charge is 0.333 e. The fourth-order valence-electron chi connectivity index (χ4n) is 1.44. The number of rotatable bonds is 2. The second-order valence-electron chi connectivity index (χ2n) is 3.76. The van der Waals surface area contributed by atoms with Crippen molar-refractivity contribution >= 4 is 15.8 Å². The Morgan fingerprint density at radius 1 is 1.47 bits per heavy atom. The first-order valence-electron chi connectivity index (χ1n) is 4.99. The van der Waals surface area contributed by atoms with E-state index in [2.05, 4.69) is 0 Å². The van der Waals surface area contributed by atoms with Gasteiger partial charge in [0.25, 0.3) is 0 Å². The molecule has 1 aliphatic rings. The third-order valence-corrected chi connectivity index (χ3v) is 4.24. The van der Waals surface area contributed by atoms with Gasteiger partial charge in [-0.15, -0.1) is 0 Å². The average molecular weight is 232 g/mol. The number of hydrogen-bond donors (Lipinski definition) is 0. The molecule has 1 saturated heterocycles. The number of hydrogen-bond acceptors (Lipinski definition) is 4. The lowest BCUT2D eigenvalue weighted by molar-refractivity contribution is -0.143. The van der Waals surface area contributed by atoms with E-state index in [4.69, 9.17) is 4.74 Å². The molecular weight excluding hydrogens is 216 g/mol. The van der Waals surface area contributed by atoms with E-state index in [0.717, 1.165) is 0 Å². The van der Waals surface area contributed by atoms with Crippen molar-refractivity contribution in [3.63, 3.8) is 0 Å². The van der Waals surface area contributed by atoms with Gasteiger partial charge in [-0.3, -0.25) is 0 Å². The fraction of sp³-hybridized carbons (Fsp3) is 0.700. The highest BCUT2D eigenvalue weighted by Crippen LogP contribution is 2.16. The normalized spacial score (nSPS) is 26.0. The monoisotopic (exact) mass is 232 g/mol. The summed E-state index contributed by atoms with van der Waals surface area (Å²) in [6, 6.07) is 0. The molecule has 1 aliphatic heterocycles. The Kier molecular flexibility index (Phi) is 3.90. The van der Waals surface area contributed by atoms with E-state index in [9.17, 15) is 13.2 Å². The van der Waals surface area contributed by atoms with E-state index in [1.54, 1.807) is 19.9 Å². The Balaban J connectivity index is 2.56. The van der Waals surface area contributed by atoms with Crippen molar-refractivity contribution < 1.29 is 17.9 Å². The molecule has 5 heteroatoms. The van der Waals surface area contributed by atoms with Crippen LogP contribution >= 0.6 is 0 Å². The van der Waals surface area contributed by atoms with Crippen molar-refractivity contribution in [2.45, 2.75) is 32.8 Å². The van der Waals surface area contributed by atoms with Crippen molar-refractivity contribution in [3.8, 4) is 0 Å². The average Bonchev–Trinajstić information content (AvgIpc) is 2.14. The van der Waals surface area contributed by atoms with Crippen molar-refractivity contribution in [3.05, 3.63) is 11.6 Å². The van der Waals surface area contributed by atoms with Crippen LogP contribution in [0, 0.1) is 0 Å². The summed E-state index contributed by atoms with van der Waals surface area (Å²) in [5.74, 6) is -0.237. The molecule has 15 heavy (non-hydrogen) atoms. The van der Waals surface area contributed by atoms with E-state index in [1.807, 2.05) is 0 Å². The first-order valence-corrected chi connectivity index (χ1v) is 6.81. The van der Waals surface area contributed by atoms with Crippen LogP contribution in [0.1, 0.15) is 26.7 Å². The van der Waals surface area contributed by atoms with Gasteiger partial charge in [-0.25, -0.2) is 13.2 Å². The molecule has 0 aliphatic carbocycles. The molecule has 1 unspecified atom stereocenters. The van der Waals surface area contributed by atoms with Gasteiger partial charge in [0.05, 0.1) is 11.5 Å². The molecule has 86 valence electrons. The van der Waals surface area contributed by atoms with E-state index in [0.29, 0.717) is 18.4 Å². The summed E-state index contributed by atoms with van der Waals surface area (Å²) >= 11 is 0. The molecule has 0 aromatic carbocycles. The van der Waals surface area contributed by atoms with Crippen LogP contribution in [0.25, 0.3) is 0 Å². The molecule has 1 rings (SSSR count). The Morgan fingerprint density at radius 3 is 2.67 bits per heavy atom. The second-order valence-corrected chi connectivity index (χ2v) is 5.98. The van der Waals surface area contributed by atoms with Crippen LogP contribution < -0.4 is 0 Å². The zero-order valence-electron chi connectivity index (χ0n) is 9.02. The summed E-state index contributed by atoms with van der Waals surface area (Å²) in [5, 5.41) is 0. The predicted octanol–water partition coefficient (Wildman–Crippen LogP) is 1.07. The van der Waals surface area contributed by atoms with E-state index < -0.39 is 21.9 Å². The largest absolute Gasteiger partial charge is 0.458 e. The van der Waals surface area contributed by atoms with Gasteiger partial charge in [-0.2, -0.15) is 0 Å². The predicted molar refractivity (Wildman–Crippen MR) is 57.2 cm³/mol. The van der Waals surface area contributed by atoms with E-state index in [1.165, 1.54) is 0 Å². The quantitative estimate of drug-likeness (QED) is 0.528. The highest BCUT2D eigenvalue weighted by Gasteiger charge is 2.27. The van der Waals surface area contributed by atoms with Gasteiger partial charge in [0, 0.05) is 5.57 Å². The maximum absolute atomic E-state index is 11.4. The molecule has 0 saturated carbocycles. The molecule has 0 amide bonds. The maximum atomic E-state index is 11.4. The summed E-state index contributed by atoms with van der Waals surface area (Å²) < 4.78 is 27.6. The van der Waals surface area contributed by atoms with Gasteiger partial charge in [-0.1, -0.05) is 6.08 Å². The van der Waals surface area contributed by atoms with Crippen LogP contribution in [0.4, 0.5) is 0 Å². The molecule has 0 bridgehead atoms. The molecule has 1 fully saturated rings. The number of ether oxygens (including phenoxy) is 1. The number of carbonyl (C=O) groups excluding carboxylic acids is 1. The van der Waals surface area contributed by atoms with Crippen LogP contribution in [0.3, 0.4) is 0 Å². The van der Waals surface area contributed by atoms with Crippen LogP contribution in [0.5, 0.6) is 0 Å². The van der Waals surface area contributed by atoms with Crippen molar-refractivity contribution in [2.24, 2.45) is 0 Å². The summed E-state index contributed by atoms with van der Waals surface area (Å²) in [6.45, 7) is 3.40. The third-order valence-electron chi connectivity index (χ3n) is 2.45. The van der Waals surface area contributed by atoms with Crippen molar-refractivity contribution in [1.82, 2.24) is 0 Å². The van der Waals surface area contributed by atoms with Crippen molar-refractivity contribution in [1.29, 1.82) is 0 Å². The van der Waals surface area contributed by atoms with Crippen LogP contribution in [-0.4, -0.2) is 32.0 Å². The molecule has 0 N–H and O–H groups in total. The minimum Gasteiger partial charge on any atom is -0.458 e. The third kappa shape index (κ3) is 3.66. The van der Waals surface area contributed by atoms with Crippen LogP contribution in [0.2, 0.25) is 0 Å². The number of carbonyl (C=O) groups is 1. The summed E-state index contributed by atoms with van der Waals surface area (Å²) in [6.07, 6.45) is 2.41. The van der Waals surface area contributed by atoms with Crippen LogP contribution in [-0.2, 0) is 19.4 Å². The lowest BCUT2D eigenvalue weighted by Crippen LogP contribution is -2.33. The zero-order valence-corrected chi connectivity index (χ0v) is 9.84. The molecule has 4 nitrogen and oxygen atoms in total. The first kappa shape index (κ1) is 12.2. The van der Waals surface area contributed by atoms with Gasteiger partial charge in [0.15, 0.2) is 9.84 Å². The number of sulfone groups is 1. The topological polar surface area (TPSA) is 60.4 Å². The van der Waals surface area contributed by atoms with Crippen LogP contribution in [0.15, 0.2) is 11.6 Å². The molecule has 0 aromatic rings. The lowest BCUT2D eigenvalue weighted by atomic mass is 10.2. The fourth-order valence-corrected chi connectivity index (χ4v) is 3.01.